The van der Waals surface area contributed by atoms with Gasteiger partial charge in [-0.2, -0.15) is 0 Å². The molecule has 0 saturated carbocycles. The molecule has 1 unspecified atom stereocenters. The summed E-state index contributed by atoms with van der Waals surface area (Å²) >= 11 is 6.43. The molecule has 2 heterocycles. The molecule has 128 valence electrons. The van der Waals surface area contributed by atoms with Crippen LogP contribution >= 0.6 is 11.6 Å². The van der Waals surface area contributed by atoms with Crippen molar-refractivity contribution in [3.63, 3.8) is 0 Å². The summed E-state index contributed by atoms with van der Waals surface area (Å²) in [6.07, 6.45) is 3.65. The largest absolute Gasteiger partial charge is 0.441 e. The normalized spacial score (nSPS) is 17.4. The van der Waals surface area contributed by atoms with Crippen molar-refractivity contribution in [3.8, 4) is 0 Å². The number of aromatic nitrogens is 2. The minimum atomic E-state index is -0.490. The summed E-state index contributed by atoms with van der Waals surface area (Å²) in [7, 11) is 0. The summed E-state index contributed by atoms with van der Waals surface area (Å²) in [6.45, 7) is 4.23. The van der Waals surface area contributed by atoms with Crippen LogP contribution in [-0.4, -0.2) is 52.8 Å². The Labute approximate surface area is 145 Å². The molecule has 0 aliphatic carbocycles. The minimum Gasteiger partial charge on any atom is -0.379 e. The summed E-state index contributed by atoms with van der Waals surface area (Å²) in [4.78, 5) is 14.1. The lowest BCUT2D eigenvalue weighted by atomic mass is 10.2. The van der Waals surface area contributed by atoms with Crippen molar-refractivity contribution < 1.29 is 9.26 Å². The van der Waals surface area contributed by atoms with E-state index in [1.54, 1.807) is 6.08 Å². The Bertz CT molecular complexity index is 720. The maximum atomic E-state index is 11.9. The fourth-order valence-corrected chi connectivity index (χ4v) is 2.95. The van der Waals surface area contributed by atoms with Gasteiger partial charge in [0.1, 0.15) is 0 Å². The summed E-state index contributed by atoms with van der Waals surface area (Å²) in [5.41, 5.74) is 1.02. The molecular weight excluding hydrogens is 330 g/mol. The van der Waals surface area contributed by atoms with Crippen molar-refractivity contribution in [2.75, 3.05) is 32.8 Å². The molecule has 24 heavy (non-hydrogen) atoms. The first kappa shape index (κ1) is 17.0. The van der Waals surface area contributed by atoms with Gasteiger partial charge in [-0.15, -0.1) is 11.6 Å². The third-order valence-corrected chi connectivity index (χ3v) is 4.16. The van der Waals surface area contributed by atoms with Gasteiger partial charge in [-0.05, 0) is 11.6 Å². The van der Waals surface area contributed by atoms with Crippen LogP contribution in [0.1, 0.15) is 11.4 Å². The van der Waals surface area contributed by atoms with Gasteiger partial charge in [0.2, 0.25) is 0 Å². The molecule has 1 aromatic heterocycles. The monoisotopic (exact) mass is 349 g/mol. The number of hydrogen-bond donors (Lipinski definition) is 0. The molecule has 0 spiro atoms. The lowest BCUT2D eigenvalue weighted by molar-refractivity contribution is 0.0374. The third kappa shape index (κ3) is 4.56. The minimum absolute atomic E-state index is 0.205. The first-order chi connectivity index (χ1) is 11.7. The smallest absolute Gasteiger partial charge is 0.379 e. The Morgan fingerprint density at radius 2 is 1.92 bits per heavy atom. The fourth-order valence-electron chi connectivity index (χ4n) is 2.62. The van der Waals surface area contributed by atoms with Crippen LogP contribution < -0.4 is 5.76 Å². The molecule has 0 amide bonds. The number of rotatable bonds is 6. The van der Waals surface area contributed by atoms with E-state index < -0.39 is 5.76 Å². The fraction of sp³-hybridized carbons (Fsp3) is 0.412. The van der Waals surface area contributed by atoms with Gasteiger partial charge in [-0.3, -0.25) is 14.0 Å². The number of halogens is 1. The maximum absolute atomic E-state index is 11.9. The van der Waals surface area contributed by atoms with Gasteiger partial charge in [0.25, 0.3) is 0 Å². The molecule has 1 aliphatic heterocycles. The van der Waals surface area contributed by atoms with Crippen LogP contribution in [0, 0.1) is 0 Å². The quantitative estimate of drug-likeness (QED) is 0.746. The van der Waals surface area contributed by atoms with E-state index in [0.29, 0.717) is 18.9 Å². The highest BCUT2D eigenvalue weighted by atomic mass is 35.5. The third-order valence-electron chi connectivity index (χ3n) is 3.88. The zero-order valence-corrected chi connectivity index (χ0v) is 14.1. The second-order valence-electron chi connectivity index (χ2n) is 5.67. The molecule has 1 fully saturated rings. The molecule has 0 N–H and O–H groups in total. The van der Waals surface area contributed by atoms with E-state index >= 15 is 0 Å². The molecule has 2 aromatic rings. The Kier molecular flexibility index (Phi) is 5.85. The van der Waals surface area contributed by atoms with Crippen LogP contribution in [0.3, 0.4) is 0 Å². The van der Waals surface area contributed by atoms with Gasteiger partial charge >= 0.3 is 5.76 Å². The molecule has 3 rings (SSSR count). The second kappa shape index (κ2) is 8.28. The van der Waals surface area contributed by atoms with Crippen LogP contribution in [0.2, 0.25) is 0 Å². The van der Waals surface area contributed by atoms with E-state index in [4.69, 9.17) is 20.9 Å². The van der Waals surface area contributed by atoms with Crippen LogP contribution in [0.25, 0.3) is 12.2 Å². The average Bonchev–Trinajstić information content (AvgIpc) is 2.95. The molecule has 0 bridgehead atoms. The Balaban J connectivity index is 1.66. The van der Waals surface area contributed by atoms with E-state index in [2.05, 4.69) is 10.1 Å². The molecule has 1 atom stereocenters. The number of morpholine rings is 1. The number of ether oxygens (including phenoxy) is 1. The van der Waals surface area contributed by atoms with E-state index in [-0.39, 0.29) is 5.38 Å². The van der Waals surface area contributed by atoms with Crippen molar-refractivity contribution in [2.45, 2.75) is 11.9 Å². The van der Waals surface area contributed by atoms with Gasteiger partial charge in [0.15, 0.2) is 5.82 Å². The Hall–Kier alpha value is -1.89. The lowest BCUT2D eigenvalue weighted by Gasteiger charge is -2.28. The zero-order chi connectivity index (χ0) is 16.8. The highest BCUT2D eigenvalue weighted by molar-refractivity contribution is 6.20. The average molecular weight is 350 g/mol. The van der Waals surface area contributed by atoms with Crippen LogP contribution in [0.5, 0.6) is 0 Å². The molecule has 6 nitrogen and oxygen atoms in total. The van der Waals surface area contributed by atoms with Gasteiger partial charge in [0, 0.05) is 26.2 Å². The van der Waals surface area contributed by atoms with Crippen molar-refractivity contribution in [3.05, 3.63) is 52.3 Å². The molecule has 7 heteroatoms. The van der Waals surface area contributed by atoms with Gasteiger partial charge in [0.05, 0.1) is 18.6 Å². The summed E-state index contributed by atoms with van der Waals surface area (Å²) in [5, 5.41) is 3.62. The van der Waals surface area contributed by atoms with E-state index in [1.165, 1.54) is 4.57 Å². The predicted molar refractivity (Wildman–Crippen MR) is 93.0 cm³/mol. The van der Waals surface area contributed by atoms with Crippen LogP contribution in [0.4, 0.5) is 0 Å². The Morgan fingerprint density at radius 3 is 2.67 bits per heavy atom. The number of benzene rings is 1. The topological polar surface area (TPSA) is 60.5 Å². The van der Waals surface area contributed by atoms with E-state index in [1.807, 2.05) is 36.4 Å². The van der Waals surface area contributed by atoms with Gasteiger partial charge in [-0.25, -0.2) is 4.79 Å². The SMILES string of the molecule is O=c1onc(C=Cc2ccccc2)n1CC(Cl)CN1CCOCC1. The van der Waals surface area contributed by atoms with Crippen molar-refractivity contribution in [1.29, 1.82) is 0 Å². The summed E-state index contributed by atoms with van der Waals surface area (Å²) < 4.78 is 11.6. The number of alkyl halides is 1. The molecule has 1 aromatic carbocycles. The molecule has 0 radical (unpaired) electrons. The van der Waals surface area contributed by atoms with Crippen molar-refractivity contribution in [1.82, 2.24) is 14.6 Å². The van der Waals surface area contributed by atoms with Crippen LogP contribution in [0.15, 0.2) is 39.6 Å². The second-order valence-corrected chi connectivity index (χ2v) is 6.29. The highest BCUT2D eigenvalue weighted by Gasteiger charge is 2.18. The first-order valence-corrected chi connectivity index (χ1v) is 8.40. The van der Waals surface area contributed by atoms with Crippen molar-refractivity contribution >= 4 is 23.8 Å². The first-order valence-electron chi connectivity index (χ1n) is 7.96. The van der Waals surface area contributed by atoms with Gasteiger partial charge in [-0.1, -0.05) is 41.6 Å². The van der Waals surface area contributed by atoms with E-state index in [9.17, 15) is 4.79 Å². The van der Waals surface area contributed by atoms with E-state index in [0.717, 1.165) is 31.9 Å². The number of hydrogen-bond acceptors (Lipinski definition) is 5. The number of nitrogens with zero attached hydrogens (tertiary/aromatic N) is 3. The van der Waals surface area contributed by atoms with Gasteiger partial charge < -0.3 is 4.74 Å². The lowest BCUT2D eigenvalue weighted by Crippen LogP contribution is -2.41. The predicted octanol–water partition coefficient (Wildman–Crippen LogP) is 1.95. The standard InChI is InChI=1S/C17H20ClN3O3/c18-15(12-20-8-10-23-11-9-20)13-21-16(19-24-17(21)22)7-6-14-4-2-1-3-5-14/h1-7,15H,8-13H2. The van der Waals surface area contributed by atoms with Crippen LogP contribution in [-0.2, 0) is 11.3 Å². The Morgan fingerprint density at radius 1 is 1.17 bits per heavy atom. The maximum Gasteiger partial charge on any atom is 0.441 e. The highest BCUT2D eigenvalue weighted by Crippen LogP contribution is 2.09. The molecular formula is C17H20ClN3O3. The summed E-state index contributed by atoms with van der Waals surface area (Å²) in [5.74, 6) is -0.0215. The molecule has 1 aliphatic rings. The van der Waals surface area contributed by atoms with Crippen molar-refractivity contribution in [2.24, 2.45) is 0 Å². The zero-order valence-electron chi connectivity index (χ0n) is 13.3. The molecule has 1 saturated heterocycles. The summed E-state index contributed by atoms with van der Waals surface area (Å²) in [6, 6.07) is 9.80.